The van der Waals surface area contributed by atoms with Crippen LogP contribution >= 0.6 is 11.3 Å². The van der Waals surface area contributed by atoms with E-state index in [1.165, 1.54) is 17.1 Å². The first-order valence-electron chi connectivity index (χ1n) is 6.29. The van der Waals surface area contributed by atoms with Crippen molar-refractivity contribution in [3.05, 3.63) is 56.6 Å². The van der Waals surface area contributed by atoms with Crippen molar-refractivity contribution in [3.63, 3.8) is 0 Å². The molecule has 1 atom stereocenters. The van der Waals surface area contributed by atoms with Crippen molar-refractivity contribution in [2.24, 2.45) is 0 Å². The third-order valence-electron chi connectivity index (χ3n) is 3.42. The fourth-order valence-corrected chi connectivity index (χ4v) is 3.37. The Labute approximate surface area is 114 Å². The van der Waals surface area contributed by atoms with Crippen LogP contribution in [0.2, 0.25) is 0 Å². The number of pyridine rings is 1. The van der Waals surface area contributed by atoms with E-state index in [1.54, 1.807) is 17.4 Å². The van der Waals surface area contributed by atoms with Gasteiger partial charge in [0.05, 0.1) is 11.6 Å². The monoisotopic (exact) mass is 274 g/mol. The highest BCUT2D eigenvalue weighted by Gasteiger charge is 2.31. The van der Waals surface area contributed by atoms with Crippen molar-refractivity contribution in [1.82, 2.24) is 9.88 Å². The number of carbonyl (C=O) groups is 1. The minimum atomic E-state index is -0.187. The normalized spacial score (nSPS) is 18.7. The number of hydrogen-bond donors (Lipinski definition) is 1. The minimum Gasteiger partial charge on any atom is -0.331 e. The molecule has 3 rings (SSSR count). The lowest BCUT2D eigenvalue weighted by molar-refractivity contribution is 0.0737. The van der Waals surface area contributed by atoms with Crippen molar-refractivity contribution < 1.29 is 4.79 Å². The fraction of sp³-hybridized carbons (Fsp3) is 0.286. The molecule has 0 aliphatic carbocycles. The summed E-state index contributed by atoms with van der Waals surface area (Å²) < 4.78 is 0. The van der Waals surface area contributed by atoms with Gasteiger partial charge in [0.15, 0.2) is 0 Å². The molecule has 3 heterocycles. The molecule has 1 aliphatic heterocycles. The lowest BCUT2D eigenvalue weighted by atomic mass is 10.1. The molecular weight excluding hydrogens is 260 g/mol. The average Bonchev–Trinajstić information content (AvgIpc) is 3.09. The highest BCUT2D eigenvalue weighted by Crippen LogP contribution is 2.35. The Morgan fingerprint density at radius 1 is 1.37 bits per heavy atom. The summed E-state index contributed by atoms with van der Waals surface area (Å²) in [4.78, 5) is 29.2. The third kappa shape index (κ3) is 2.33. The number of likely N-dealkylation sites (tertiary alicyclic amines) is 1. The van der Waals surface area contributed by atoms with Crippen LogP contribution in [0.5, 0.6) is 0 Å². The number of nitrogens with one attached hydrogen (secondary N) is 1. The number of aromatic amines is 1. The Kier molecular flexibility index (Phi) is 3.21. The second-order valence-electron chi connectivity index (χ2n) is 4.61. The summed E-state index contributed by atoms with van der Waals surface area (Å²) >= 11 is 1.69. The van der Waals surface area contributed by atoms with E-state index in [2.05, 4.69) is 11.1 Å². The Hall–Kier alpha value is -1.88. The molecule has 2 aromatic rings. The van der Waals surface area contributed by atoms with E-state index in [-0.39, 0.29) is 17.5 Å². The van der Waals surface area contributed by atoms with Gasteiger partial charge in [-0.2, -0.15) is 0 Å². The first kappa shape index (κ1) is 12.2. The Balaban J connectivity index is 1.86. The zero-order chi connectivity index (χ0) is 13.2. The van der Waals surface area contributed by atoms with Crippen molar-refractivity contribution in [2.45, 2.75) is 18.9 Å². The van der Waals surface area contributed by atoms with Crippen LogP contribution in [-0.2, 0) is 0 Å². The van der Waals surface area contributed by atoms with E-state index >= 15 is 0 Å². The van der Waals surface area contributed by atoms with Gasteiger partial charge in [0.1, 0.15) is 0 Å². The molecule has 0 radical (unpaired) electrons. The predicted octanol–water partition coefficient (Wildman–Crippen LogP) is 2.41. The van der Waals surface area contributed by atoms with Crippen LogP contribution in [0.15, 0.2) is 40.6 Å². The maximum Gasteiger partial charge on any atom is 0.255 e. The summed E-state index contributed by atoms with van der Waals surface area (Å²) in [6.07, 6.45) is 3.53. The summed E-state index contributed by atoms with van der Waals surface area (Å²) in [6.45, 7) is 0.778. The van der Waals surface area contributed by atoms with Crippen LogP contribution in [0, 0.1) is 0 Å². The highest BCUT2D eigenvalue weighted by molar-refractivity contribution is 7.10. The fourth-order valence-electron chi connectivity index (χ4n) is 2.50. The Morgan fingerprint density at radius 3 is 2.95 bits per heavy atom. The number of rotatable bonds is 2. The van der Waals surface area contributed by atoms with Gasteiger partial charge < -0.3 is 9.88 Å². The number of aromatic nitrogens is 1. The van der Waals surface area contributed by atoms with Crippen LogP contribution in [0.3, 0.4) is 0 Å². The molecule has 5 heteroatoms. The number of nitrogens with zero attached hydrogens (tertiary/aromatic N) is 1. The summed E-state index contributed by atoms with van der Waals surface area (Å²) in [6, 6.07) is 7.25. The number of amides is 1. The second kappa shape index (κ2) is 5.01. The summed E-state index contributed by atoms with van der Waals surface area (Å²) in [5, 5.41) is 2.04. The first-order chi connectivity index (χ1) is 9.25. The molecule has 1 N–H and O–H groups in total. The quantitative estimate of drug-likeness (QED) is 0.914. The highest BCUT2D eigenvalue weighted by atomic mass is 32.1. The number of hydrogen-bond acceptors (Lipinski definition) is 3. The Morgan fingerprint density at radius 2 is 2.26 bits per heavy atom. The molecule has 1 saturated heterocycles. The van der Waals surface area contributed by atoms with Crippen molar-refractivity contribution in [3.8, 4) is 0 Å². The van der Waals surface area contributed by atoms with Gasteiger partial charge in [0, 0.05) is 23.7 Å². The van der Waals surface area contributed by atoms with Crippen molar-refractivity contribution in [2.75, 3.05) is 6.54 Å². The molecule has 1 amide bonds. The molecule has 0 bridgehead atoms. The molecule has 19 heavy (non-hydrogen) atoms. The van der Waals surface area contributed by atoms with Crippen molar-refractivity contribution in [1.29, 1.82) is 0 Å². The molecule has 2 aromatic heterocycles. The number of carbonyl (C=O) groups excluding carboxylic acids is 1. The van der Waals surface area contributed by atoms with Gasteiger partial charge in [-0.1, -0.05) is 6.07 Å². The smallest absolute Gasteiger partial charge is 0.255 e. The van der Waals surface area contributed by atoms with Crippen LogP contribution in [0.1, 0.15) is 34.1 Å². The van der Waals surface area contributed by atoms with E-state index < -0.39 is 0 Å². The summed E-state index contributed by atoms with van der Waals surface area (Å²) in [5.74, 6) is -0.00727. The summed E-state index contributed by atoms with van der Waals surface area (Å²) in [7, 11) is 0. The zero-order valence-electron chi connectivity index (χ0n) is 10.3. The lowest BCUT2D eigenvalue weighted by Gasteiger charge is -2.23. The predicted molar refractivity (Wildman–Crippen MR) is 74.4 cm³/mol. The van der Waals surface area contributed by atoms with Crippen LogP contribution in [-0.4, -0.2) is 22.3 Å². The van der Waals surface area contributed by atoms with E-state index in [0.29, 0.717) is 5.56 Å². The van der Waals surface area contributed by atoms with Crippen LogP contribution in [0.25, 0.3) is 0 Å². The third-order valence-corrected chi connectivity index (χ3v) is 4.39. The first-order valence-corrected chi connectivity index (χ1v) is 7.17. The van der Waals surface area contributed by atoms with Gasteiger partial charge in [0.25, 0.3) is 5.91 Å². The number of H-pyrrole nitrogens is 1. The maximum atomic E-state index is 12.5. The van der Waals surface area contributed by atoms with E-state index in [4.69, 9.17) is 0 Å². The molecule has 0 spiro atoms. The molecule has 98 valence electrons. The summed E-state index contributed by atoms with van der Waals surface area (Å²) in [5.41, 5.74) is 0.357. The number of thiophene rings is 1. The molecule has 0 unspecified atom stereocenters. The van der Waals surface area contributed by atoms with E-state index in [1.807, 2.05) is 16.3 Å². The SMILES string of the molecule is O=C(c1ccc(=O)[nH]c1)N1CCC[C@H]1c1cccs1. The minimum absolute atomic E-state index is 0.00727. The zero-order valence-corrected chi connectivity index (χ0v) is 11.2. The van der Waals surface area contributed by atoms with Crippen LogP contribution < -0.4 is 5.56 Å². The molecule has 4 nitrogen and oxygen atoms in total. The molecular formula is C14H14N2O2S. The molecule has 1 fully saturated rings. The standard InChI is InChI=1S/C14H14N2O2S/c17-13-6-5-10(9-15-13)14(18)16-7-1-3-11(16)12-4-2-8-19-12/h2,4-6,8-9,11H,1,3,7H2,(H,15,17)/t11-/m0/s1. The second-order valence-corrected chi connectivity index (χ2v) is 5.59. The largest absolute Gasteiger partial charge is 0.331 e. The molecule has 0 saturated carbocycles. The lowest BCUT2D eigenvalue weighted by Crippen LogP contribution is -2.30. The molecule has 0 aromatic carbocycles. The van der Waals surface area contributed by atoms with Gasteiger partial charge in [-0.25, -0.2) is 0 Å². The van der Waals surface area contributed by atoms with Crippen molar-refractivity contribution >= 4 is 17.2 Å². The van der Waals surface area contributed by atoms with E-state index in [9.17, 15) is 9.59 Å². The molecule has 1 aliphatic rings. The average molecular weight is 274 g/mol. The van der Waals surface area contributed by atoms with Crippen LogP contribution in [0.4, 0.5) is 0 Å². The Bertz CT molecular complexity index is 613. The van der Waals surface area contributed by atoms with Gasteiger partial charge >= 0.3 is 0 Å². The maximum absolute atomic E-state index is 12.5. The topological polar surface area (TPSA) is 53.2 Å². The van der Waals surface area contributed by atoms with E-state index in [0.717, 1.165) is 19.4 Å². The van der Waals surface area contributed by atoms with Gasteiger partial charge in [-0.05, 0) is 30.4 Å². The van der Waals surface area contributed by atoms with Gasteiger partial charge in [0.2, 0.25) is 5.56 Å². The van der Waals surface area contributed by atoms with Gasteiger partial charge in [-0.15, -0.1) is 11.3 Å². The van der Waals surface area contributed by atoms with Gasteiger partial charge in [-0.3, -0.25) is 9.59 Å².